The number of barbiturate groups is 1. The summed E-state index contributed by atoms with van der Waals surface area (Å²) in [6.07, 6.45) is 2.03. The molecule has 1 saturated heterocycles. The predicted molar refractivity (Wildman–Crippen MR) is 160 cm³/mol. The zero-order chi connectivity index (χ0) is 30.4. The van der Waals surface area contributed by atoms with Gasteiger partial charge in [-0.25, -0.2) is 9.69 Å². The lowest BCUT2D eigenvalue weighted by Crippen LogP contribution is -2.54. The third kappa shape index (κ3) is 7.02. The highest BCUT2D eigenvalue weighted by molar-refractivity contribution is 6.40. The molecule has 10 nitrogen and oxygen atoms in total. The first kappa shape index (κ1) is 30.4. The van der Waals surface area contributed by atoms with E-state index in [9.17, 15) is 19.2 Å². The molecule has 2 N–H and O–H groups in total. The standard InChI is InChI=1S/C30H27Cl2N3O7/c1-4-11-41-24-10-9-20(15-25(24)40-3)35-29(38)21(28(37)34-30(35)39)12-18-13-22(31)27(23(32)14-18)42-16-26(36)33-19-7-5-17(2)6-8-19/h5-10,12-15H,4,11,16H2,1-3H3,(H,33,36)(H,34,37,39)/b21-12+. The van der Waals surface area contributed by atoms with Crippen molar-refractivity contribution in [2.24, 2.45) is 0 Å². The zero-order valence-electron chi connectivity index (χ0n) is 23.0. The number of carbonyl (C=O) groups excluding carboxylic acids is 4. The van der Waals surface area contributed by atoms with E-state index in [1.54, 1.807) is 18.2 Å². The Balaban J connectivity index is 1.53. The maximum atomic E-state index is 13.4. The van der Waals surface area contributed by atoms with Gasteiger partial charge in [0.15, 0.2) is 23.9 Å². The molecule has 3 aromatic rings. The third-order valence-corrected chi connectivity index (χ3v) is 6.54. The Hall–Kier alpha value is -4.54. The van der Waals surface area contributed by atoms with Crippen molar-refractivity contribution in [3.8, 4) is 17.2 Å². The van der Waals surface area contributed by atoms with Gasteiger partial charge in [-0.15, -0.1) is 0 Å². The number of nitrogens with one attached hydrogen (secondary N) is 2. The molecule has 3 aromatic carbocycles. The molecular weight excluding hydrogens is 585 g/mol. The second-order valence-electron chi connectivity index (χ2n) is 9.16. The third-order valence-electron chi connectivity index (χ3n) is 5.98. The molecule has 1 heterocycles. The molecule has 0 atom stereocenters. The van der Waals surface area contributed by atoms with Crippen molar-refractivity contribution in [1.82, 2.24) is 5.32 Å². The zero-order valence-corrected chi connectivity index (χ0v) is 24.5. The molecule has 0 aliphatic carbocycles. The van der Waals surface area contributed by atoms with Gasteiger partial charge < -0.3 is 19.5 Å². The normalized spacial score (nSPS) is 14.1. The van der Waals surface area contributed by atoms with E-state index >= 15 is 0 Å². The molecule has 42 heavy (non-hydrogen) atoms. The first-order valence-corrected chi connectivity index (χ1v) is 13.6. The number of carbonyl (C=O) groups is 4. The van der Waals surface area contributed by atoms with Crippen LogP contribution in [0.3, 0.4) is 0 Å². The van der Waals surface area contributed by atoms with Crippen LogP contribution in [0.4, 0.5) is 16.2 Å². The molecule has 0 spiro atoms. The van der Waals surface area contributed by atoms with E-state index < -0.39 is 23.8 Å². The molecule has 0 unspecified atom stereocenters. The number of aryl methyl sites for hydroxylation is 1. The molecule has 12 heteroatoms. The Bertz CT molecular complexity index is 1550. The summed E-state index contributed by atoms with van der Waals surface area (Å²) in [6.45, 7) is 3.98. The van der Waals surface area contributed by atoms with Gasteiger partial charge in [-0.3, -0.25) is 19.7 Å². The summed E-state index contributed by atoms with van der Waals surface area (Å²) in [7, 11) is 1.43. The second kappa shape index (κ2) is 13.4. The maximum absolute atomic E-state index is 13.4. The number of amides is 5. The van der Waals surface area contributed by atoms with E-state index in [-0.39, 0.29) is 39.2 Å². The van der Waals surface area contributed by atoms with Gasteiger partial charge in [0.2, 0.25) is 0 Å². The van der Waals surface area contributed by atoms with E-state index in [0.717, 1.165) is 16.9 Å². The fourth-order valence-electron chi connectivity index (χ4n) is 3.96. The number of benzene rings is 3. The number of rotatable bonds is 10. The van der Waals surface area contributed by atoms with Crippen LogP contribution in [0.2, 0.25) is 10.0 Å². The van der Waals surface area contributed by atoms with Crippen molar-refractivity contribution in [2.75, 3.05) is 30.5 Å². The number of urea groups is 1. The first-order chi connectivity index (χ1) is 20.1. The molecule has 0 bridgehead atoms. The second-order valence-corrected chi connectivity index (χ2v) is 9.97. The number of ether oxygens (including phenoxy) is 3. The molecule has 1 aliphatic heterocycles. The number of hydrogen-bond acceptors (Lipinski definition) is 7. The fourth-order valence-corrected chi connectivity index (χ4v) is 4.57. The van der Waals surface area contributed by atoms with Crippen LogP contribution < -0.4 is 29.7 Å². The van der Waals surface area contributed by atoms with Gasteiger partial charge in [0, 0.05) is 11.8 Å². The molecule has 0 saturated carbocycles. The van der Waals surface area contributed by atoms with E-state index in [4.69, 9.17) is 37.4 Å². The summed E-state index contributed by atoms with van der Waals surface area (Å²) in [4.78, 5) is 51.8. The summed E-state index contributed by atoms with van der Waals surface area (Å²) in [5.74, 6) is -1.38. The molecule has 218 valence electrons. The van der Waals surface area contributed by atoms with Gasteiger partial charge in [0.1, 0.15) is 5.57 Å². The minimum absolute atomic E-state index is 0.0430. The number of nitrogens with zero attached hydrogens (tertiary/aromatic N) is 1. The van der Waals surface area contributed by atoms with E-state index in [2.05, 4.69) is 10.6 Å². The van der Waals surface area contributed by atoms with Crippen LogP contribution >= 0.6 is 23.2 Å². The van der Waals surface area contributed by atoms with Crippen LogP contribution in [0.1, 0.15) is 24.5 Å². The molecule has 5 amide bonds. The van der Waals surface area contributed by atoms with Crippen molar-refractivity contribution in [3.05, 3.63) is 81.3 Å². The smallest absolute Gasteiger partial charge is 0.335 e. The van der Waals surface area contributed by atoms with Gasteiger partial charge in [0.05, 0.1) is 29.4 Å². The van der Waals surface area contributed by atoms with Crippen LogP contribution in [0.15, 0.2) is 60.2 Å². The Morgan fingerprint density at radius 3 is 2.31 bits per heavy atom. The van der Waals surface area contributed by atoms with Gasteiger partial charge in [0.25, 0.3) is 17.7 Å². The van der Waals surface area contributed by atoms with Gasteiger partial charge >= 0.3 is 6.03 Å². The van der Waals surface area contributed by atoms with Crippen molar-refractivity contribution < 1.29 is 33.4 Å². The van der Waals surface area contributed by atoms with Gasteiger partial charge in [-0.05, 0) is 61.4 Å². The van der Waals surface area contributed by atoms with E-state index in [1.165, 1.54) is 37.5 Å². The highest BCUT2D eigenvalue weighted by atomic mass is 35.5. The highest BCUT2D eigenvalue weighted by Crippen LogP contribution is 2.36. The summed E-state index contributed by atoms with van der Waals surface area (Å²) >= 11 is 12.7. The largest absolute Gasteiger partial charge is 0.493 e. The van der Waals surface area contributed by atoms with Gasteiger partial charge in [-0.2, -0.15) is 0 Å². The van der Waals surface area contributed by atoms with Gasteiger partial charge in [-0.1, -0.05) is 47.8 Å². The SMILES string of the molecule is CCCOc1ccc(N2C(=O)NC(=O)/C(=C\c3cc(Cl)c(OCC(=O)Nc4ccc(C)cc4)c(Cl)c3)C2=O)cc1OC. The molecule has 0 aromatic heterocycles. The number of hydrogen-bond donors (Lipinski definition) is 2. The van der Waals surface area contributed by atoms with Crippen LogP contribution in [0.5, 0.6) is 17.2 Å². The quantitative estimate of drug-likeness (QED) is 0.220. The van der Waals surface area contributed by atoms with Crippen LogP contribution in [-0.2, 0) is 14.4 Å². The molecular formula is C30H27Cl2N3O7. The predicted octanol–water partition coefficient (Wildman–Crippen LogP) is 5.78. The number of imide groups is 2. The Labute approximate surface area is 252 Å². The Morgan fingerprint density at radius 1 is 0.976 bits per heavy atom. The average Bonchev–Trinajstić information content (AvgIpc) is 2.95. The molecule has 0 radical (unpaired) electrons. The van der Waals surface area contributed by atoms with Crippen LogP contribution in [0, 0.1) is 6.92 Å². The maximum Gasteiger partial charge on any atom is 0.335 e. The molecule has 1 aliphatic rings. The minimum atomic E-state index is -0.921. The topological polar surface area (TPSA) is 123 Å². The highest BCUT2D eigenvalue weighted by Gasteiger charge is 2.37. The fraction of sp³-hybridized carbons (Fsp3) is 0.200. The minimum Gasteiger partial charge on any atom is -0.493 e. The lowest BCUT2D eigenvalue weighted by atomic mass is 10.1. The monoisotopic (exact) mass is 611 g/mol. The number of halogens is 2. The van der Waals surface area contributed by atoms with Crippen LogP contribution in [0.25, 0.3) is 6.08 Å². The lowest BCUT2D eigenvalue weighted by molar-refractivity contribution is -0.122. The summed E-state index contributed by atoms with van der Waals surface area (Å²) in [5.41, 5.74) is 1.78. The Kier molecular flexibility index (Phi) is 9.72. The molecule has 1 fully saturated rings. The van der Waals surface area contributed by atoms with Crippen LogP contribution in [-0.4, -0.2) is 44.1 Å². The number of methoxy groups -OCH3 is 1. The average molecular weight is 612 g/mol. The van der Waals surface area contributed by atoms with Crippen molar-refractivity contribution in [1.29, 1.82) is 0 Å². The van der Waals surface area contributed by atoms with Crippen molar-refractivity contribution in [2.45, 2.75) is 20.3 Å². The number of anilines is 2. The van der Waals surface area contributed by atoms with Crippen molar-refractivity contribution >= 4 is 64.4 Å². The van der Waals surface area contributed by atoms with E-state index in [0.29, 0.717) is 23.8 Å². The summed E-state index contributed by atoms with van der Waals surface area (Å²) in [6, 6.07) is 13.7. The van der Waals surface area contributed by atoms with E-state index in [1.807, 2.05) is 26.0 Å². The summed E-state index contributed by atoms with van der Waals surface area (Å²) in [5, 5.41) is 4.95. The first-order valence-electron chi connectivity index (χ1n) is 12.8. The van der Waals surface area contributed by atoms with Crippen molar-refractivity contribution in [3.63, 3.8) is 0 Å². The molecule has 4 rings (SSSR count). The Morgan fingerprint density at radius 2 is 1.67 bits per heavy atom. The lowest BCUT2D eigenvalue weighted by Gasteiger charge is -2.27. The summed E-state index contributed by atoms with van der Waals surface area (Å²) < 4.78 is 16.5.